The summed E-state index contributed by atoms with van der Waals surface area (Å²) < 4.78 is 40.7. The maximum absolute atomic E-state index is 14.2. The first kappa shape index (κ1) is 20.8. The summed E-state index contributed by atoms with van der Waals surface area (Å²) in [6, 6.07) is 11.6. The number of benzene rings is 2. The van der Waals surface area contributed by atoms with E-state index in [9.17, 15) is 17.6 Å². The molecule has 2 aromatic carbocycles. The molecule has 8 heteroatoms. The average Bonchev–Trinajstić information content (AvgIpc) is 3.22. The van der Waals surface area contributed by atoms with Crippen LogP contribution in [0.15, 0.2) is 52.3 Å². The van der Waals surface area contributed by atoms with Crippen molar-refractivity contribution >= 4 is 27.7 Å². The molecule has 0 spiro atoms. The molecule has 0 bridgehead atoms. The van der Waals surface area contributed by atoms with Crippen LogP contribution in [-0.2, 0) is 10.0 Å². The number of hydrogen-bond donors (Lipinski definition) is 1. The van der Waals surface area contributed by atoms with Crippen molar-refractivity contribution in [2.75, 3.05) is 25.4 Å². The normalized spacial score (nSPS) is 14.9. The molecule has 0 aliphatic carbocycles. The van der Waals surface area contributed by atoms with E-state index >= 15 is 0 Å². The Kier molecular flexibility index (Phi) is 6.74. The van der Waals surface area contributed by atoms with Gasteiger partial charge < -0.3 is 5.32 Å². The number of hydrogen-bond acceptors (Lipinski definition) is 4. The number of nitrogens with zero attached hydrogens (tertiary/aromatic N) is 1. The second-order valence-electron chi connectivity index (χ2n) is 6.67. The van der Waals surface area contributed by atoms with Gasteiger partial charge >= 0.3 is 0 Å². The fourth-order valence-corrected chi connectivity index (χ4v) is 5.36. The van der Waals surface area contributed by atoms with Gasteiger partial charge in [-0.1, -0.05) is 17.7 Å². The van der Waals surface area contributed by atoms with Gasteiger partial charge in [-0.15, -0.1) is 11.8 Å². The van der Waals surface area contributed by atoms with Crippen molar-refractivity contribution in [3.63, 3.8) is 0 Å². The van der Waals surface area contributed by atoms with Crippen molar-refractivity contribution < 1.29 is 17.6 Å². The molecule has 1 fully saturated rings. The highest BCUT2D eigenvalue weighted by Crippen LogP contribution is 2.24. The summed E-state index contributed by atoms with van der Waals surface area (Å²) in [6.07, 6.45) is 1.53. The Morgan fingerprint density at radius 3 is 2.50 bits per heavy atom. The topological polar surface area (TPSA) is 66.5 Å². The Bertz CT molecular complexity index is 940. The number of rotatable bonds is 7. The van der Waals surface area contributed by atoms with E-state index in [-0.39, 0.29) is 5.56 Å². The molecule has 3 rings (SSSR count). The zero-order chi connectivity index (χ0) is 20.1. The van der Waals surface area contributed by atoms with Crippen LogP contribution in [-0.4, -0.2) is 44.0 Å². The lowest BCUT2D eigenvalue weighted by Gasteiger charge is -2.16. The molecule has 28 heavy (non-hydrogen) atoms. The molecule has 0 unspecified atom stereocenters. The predicted molar refractivity (Wildman–Crippen MR) is 109 cm³/mol. The maximum Gasteiger partial charge on any atom is 0.251 e. The molecule has 150 valence electrons. The quantitative estimate of drug-likeness (QED) is 0.548. The van der Waals surface area contributed by atoms with Crippen LogP contribution in [0.25, 0.3) is 0 Å². The first-order chi connectivity index (χ1) is 13.4. The molecule has 1 aliphatic rings. The highest BCUT2D eigenvalue weighted by atomic mass is 32.2. The number of carbonyl (C=O) groups excluding carboxylic acids is 1. The summed E-state index contributed by atoms with van der Waals surface area (Å²) >= 11 is 1.62. The number of amides is 1. The van der Waals surface area contributed by atoms with Crippen LogP contribution in [0.5, 0.6) is 0 Å². The molecule has 1 heterocycles. The molecular weight excluding hydrogens is 399 g/mol. The SMILES string of the molecule is Cc1ccc(SCCNC(=O)c2ccc(F)c(S(=O)(=O)N3CCCC3)c2)cc1. The molecule has 1 aliphatic heterocycles. The monoisotopic (exact) mass is 422 g/mol. The molecule has 0 aromatic heterocycles. The Balaban J connectivity index is 1.61. The van der Waals surface area contributed by atoms with Crippen molar-refractivity contribution in [1.29, 1.82) is 0 Å². The van der Waals surface area contributed by atoms with Crippen LogP contribution in [0.4, 0.5) is 4.39 Å². The van der Waals surface area contributed by atoms with E-state index in [1.807, 2.05) is 31.2 Å². The molecule has 1 N–H and O–H groups in total. The van der Waals surface area contributed by atoms with Gasteiger partial charge in [0, 0.05) is 35.8 Å². The Labute approximate surface area is 169 Å². The Morgan fingerprint density at radius 1 is 1.14 bits per heavy atom. The average molecular weight is 423 g/mol. The lowest BCUT2D eigenvalue weighted by molar-refractivity contribution is 0.0956. The fourth-order valence-electron chi connectivity index (χ4n) is 2.98. The van der Waals surface area contributed by atoms with Crippen LogP contribution < -0.4 is 5.32 Å². The van der Waals surface area contributed by atoms with Gasteiger partial charge in [-0.05, 0) is 50.1 Å². The first-order valence-electron chi connectivity index (χ1n) is 9.15. The predicted octanol–water partition coefficient (Wildman–Crippen LogP) is 3.44. The lowest BCUT2D eigenvalue weighted by atomic mass is 10.2. The second kappa shape index (κ2) is 9.07. The number of aryl methyl sites for hydroxylation is 1. The first-order valence-corrected chi connectivity index (χ1v) is 11.6. The molecule has 2 aromatic rings. The third-order valence-electron chi connectivity index (χ3n) is 4.55. The summed E-state index contributed by atoms with van der Waals surface area (Å²) in [5.74, 6) is -0.574. The van der Waals surface area contributed by atoms with Crippen molar-refractivity contribution in [3.05, 3.63) is 59.4 Å². The minimum Gasteiger partial charge on any atom is -0.351 e. The molecule has 0 saturated carbocycles. The van der Waals surface area contributed by atoms with Gasteiger partial charge in [-0.2, -0.15) is 4.31 Å². The van der Waals surface area contributed by atoms with E-state index in [1.165, 1.54) is 15.9 Å². The number of nitrogens with one attached hydrogen (secondary N) is 1. The molecule has 5 nitrogen and oxygen atoms in total. The second-order valence-corrected chi connectivity index (χ2v) is 9.75. The summed E-state index contributed by atoms with van der Waals surface area (Å²) in [6.45, 7) is 3.21. The summed E-state index contributed by atoms with van der Waals surface area (Å²) in [4.78, 5) is 13.0. The molecule has 0 atom stereocenters. The zero-order valence-corrected chi connectivity index (χ0v) is 17.3. The number of sulfonamides is 1. The smallest absolute Gasteiger partial charge is 0.251 e. The number of carbonyl (C=O) groups is 1. The molecule has 0 radical (unpaired) electrons. The Morgan fingerprint density at radius 2 is 1.82 bits per heavy atom. The van der Waals surface area contributed by atoms with Crippen molar-refractivity contribution in [2.24, 2.45) is 0 Å². The van der Waals surface area contributed by atoms with Crippen LogP contribution >= 0.6 is 11.8 Å². The van der Waals surface area contributed by atoms with E-state index < -0.39 is 26.6 Å². The van der Waals surface area contributed by atoms with E-state index in [0.29, 0.717) is 25.4 Å². The highest BCUT2D eigenvalue weighted by molar-refractivity contribution is 7.99. The largest absolute Gasteiger partial charge is 0.351 e. The number of halogens is 1. The van der Waals surface area contributed by atoms with E-state index in [2.05, 4.69) is 5.32 Å². The number of thioether (sulfide) groups is 1. The fraction of sp³-hybridized carbons (Fsp3) is 0.350. The third-order valence-corrected chi connectivity index (χ3v) is 7.48. The molecular formula is C20H23FN2O3S2. The summed E-state index contributed by atoms with van der Waals surface area (Å²) in [5, 5.41) is 2.76. The van der Waals surface area contributed by atoms with Crippen LogP contribution in [0, 0.1) is 12.7 Å². The van der Waals surface area contributed by atoms with Crippen molar-refractivity contribution in [2.45, 2.75) is 29.6 Å². The van der Waals surface area contributed by atoms with Gasteiger partial charge in [0.1, 0.15) is 10.7 Å². The van der Waals surface area contributed by atoms with Gasteiger partial charge in [0.15, 0.2) is 0 Å². The van der Waals surface area contributed by atoms with Crippen LogP contribution in [0.3, 0.4) is 0 Å². The van der Waals surface area contributed by atoms with Gasteiger partial charge in [-0.3, -0.25) is 4.79 Å². The van der Waals surface area contributed by atoms with E-state index in [4.69, 9.17) is 0 Å². The summed E-state index contributed by atoms with van der Waals surface area (Å²) in [7, 11) is -3.92. The van der Waals surface area contributed by atoms with Gasteiger partial charge in [-0.25, -0.2) is 12.8 Å². The Hall–Kier alpha value is -1.90. The van der Waals surface area contributed by atoms with Gasteiger partial charge in [0.2, 0.25) is 10.0 Å². The maximum atomic E-state index is 14.2. The minimum atomic E-state index is -3.92. The minimum absolute atomic E-state index is 0.138. The van der Waals surface area contributed by atoms with E-state index in [1.54, 1.807) is 11.8 Å². The van der Waals surface area contributed by atoms with Crippen LogP contribution in [0.1, 0.15) is 28.8 Å². The van der Waals surface area contributed by atoms with Crippen LogP contribution in [0.2, 0.25) is 0 Å². The zero-order valence-electron chi connectivity index (χ0n) is 15.7. The molecule has 1 saturated heterocycles. The molecule has 1 amide bonds. The lowest BCUT2D eigenvalue weighted by Crippen LogP contribution is -2.30. The van der Waals surface area contributed by atoms with Gasteiger partial charge in [0.25, 0.3) is 5.91 Å². The third kappa shape index (κ3) is 4.92. The highest BCUT2D eigenvalue weighted by Gasteiger charge is 2.30. The standard InChI is InChI=1S/C20H23FN2O3S2/c1-15-4-7-17(8-5-15)27-13-10-22-20(24)16-6-9-18(21)19(14-16)28(25,26)23-11-2-3-12-23/h4-9,14H,2-3,10-13H2,1H3,(H,22,24). The van der Waals surface area contributed by atoms with E-state index in [0.717, 1.165) is 29.9 Å². The van der Waals surface area contributed by atoms with Gasteiger partial charge in [0.05, 0.1) is 0 Å². The van der Waals surface area contributed by atoms with Crippen molar-refractivity contribution in [1.82, 2.24) is 9.62 Å². The summed E-state index contributed by atoms with van der Waals surface area (Å²) in [5.41, 5.74) is 1.33. The van der Waals surface area contributed by atoms with Crippen molar-refractivity contribution in [3.8, 4) is 0 Å².